The SMILES string of the molecule is CC(C)(C)OC(=O)NCCOCc1cc(-c2ccc(C(F)(F)F)nc2)cc([N+](=O)[O-])c1. The Morgan fingerprint density at radius 1 is 1.16 bits per heavy atom. The van der Waals surface area contributed by atoms with Crippen molar-refractivity contribution in [2.45, 2.75) is 39.2 Å². The van der Waals surface area contributed by atoms with Crippen LogP contribution in [0.5, 0.6) is 0 Å². The quantitative estimate of drug-likeness (QED) is 0.379. The Kier molecular flexibility index (Phi) is 7.55. The number of nitrogens with zero attached hydrogens (tertiary/aromatic N) is 2. The number of nitro benzene ring substituents is 1. The Morgan fingerprint density at radius 2 is 1.87 bits per heavy atom. The van der Waals surface area contributed by atoms with E-state index in [0.717, 1.165) is 12.3 Å². The number of benzene rings is 1. The lowest BCUT2D eigenvalue weighted by atomic mass is 10.0. The van der Waals surface area contributed by atoms with Gasteiger partial charge < -0.3 is 14.8 Å². The van der Waals surface area contributed by atoms with Crippen molar-refractivity contribution in [3.8, 4) is 11.1 Å². The predicted octanol–water partition coefficient (Wildman–Crippen LogP) is 4.72. The summed E-state index contributed by atoms with van der Waals surface area (Å²) >= 11 is 0. The first kappa shape index (κ1) is 24.1. The van der Waals surface area contributed by atoms with Crippen LogP contribution in [0.3, 0.4) is 0 Å². The number of ether oxygens (including phenoxy) is 2. The number of carbonyl (C=O) groups is 1. The summed E-state index contributed by atoms with van der Waals surface area (Å²) in [5.41, 5.74) is -0.838. The molecule has 0 unspecified atom stereocenters. The molecular formula is C20H22F3N3O5. The predicted molar refractivity (Wildman–Crippen MR) is 105 cm³/mol. The molecule has 168 valence electrons. The minimum atomic E-state index is -4.58. The minimum absolute atomic E-state index is 0.00125. The van der Waals surface area contributed by atoms with Crippen LogP contribution in [0.2, 0.25) is 0 Å². The van der Waals surface area contributed by atoms with Gasteiger partial charge in [-0.3, -0.25) is 15.1 Å². The fraction of sp³-hybridized carbons (Fsp3) is 0.400. The molecule has 0 spiro atoms. The third kappa shape index (κ3) is 7.85. The van der Waals surface area contributed by atoms with Gasteiger partial charge in [0.15, 0.2) is 0 Å². The number of nitro groups is 1. The van der Waals surface area contributed by atoms with Gasteiger partial charge in [-0.15, -0.1) is 0 Å². The number of hydrogen-bond donors (Lipinski definition) is 1. The number of carbonyl (C=O) groups excluding carboxylic acids is 1. The molecule has 31 heavy (non-hydrogen) atoms. The van der Waals surface area contributed by atoms with E-state index in [1.54, 1.807) is 26.8 Å². The summed E-state index contributed by atoms with van der Waals surface area (Å²) in [4.78, 5) is 25.6. The molecule has 0 aliphatic rings. The van der Waals surface area contributed by atoms with E-state index in [1.165, 1.54) is 18.2 Å². The van der Waals surface area contributed by atoms with Crippen molar-refractivity contribution in [2.24, 2.45) is 0 Å². The van der Waals surface area contributed by atoms with Gasteiger partial charge in [0.05, 0.1) is 18.1 Å². The van der Waals surface area contributed by atoms with E-state index in [2.05, 4.69) is 10.3 Å². The highest BCUT2D eigenvalue weighted by Gasteiger charge is 2.32. The molecule has 0 atom stereocenters. The summed E-state index contributed by atoms with van der Waals surface area (Å²) in [6.07, 6.45) is -4.16. The fourth-order valence-corrected chi connectivity index (χ4v) is 2.49. The van der Waals surface area contributed by atoms with Gasteiger partial charge in [0.1, 0.15) is 11.3 Å². The Hall–Kier alpha value is -3.21. The van der Waals surface area contributed by atoms with E-state index >= 15 is 0 Å². The molecule has 0 aliphatic heterocycles. The van der Waals surface area contributed by atoms with Crippen molar-refractivity contribution < 1.29 is 32.4 Å². The molecule has 0 aliphatic carbocycles. The molecular weight excluding hydrogens is 419 g/mol. The second kappa shape index (κ2) is 9.73. The number of aromatic nitrogens is 1. The largest absolute Gasteiger partial charge is 0.444 e. The van der Waals surface area contributed by atoms with Gasteiger partial charge >= 0.3 is 12.3 Å². The zero-order chi connectivity index (χ0) is 23.2. The molecule has 1 aromatic heterocycles. The van der Waals surface area contributed by atoms with Gasteiger partial charge in [-0.2, -0.15) is 13.2 Å². The summed E-state index contributed by atoms with van der Waals surface area (Å²) < 4.78 is 48.6. The summed E-state index contributed by atoms with van der Waals surface area (Å²) in [6, 6.07) is 6.13. The van der Waals surface area contributed by atoms with Crippen LogP contribution in [0, 0.1) is 10.1 Å². The van der Waals surface area contributed by atoms with E-state index in [9.17, 15) is 28.1 Å². The van der Waals surface area contributed by atoms with Gasteiger partial charge in [0.2, 0.25) is 0 Å². The maximum absolute atomic E-state index is 12.7. The Morgan fingerprint density at radius 3 is 2.42 bits per heavy atom. The van der Waals surface area contributed by atoms with Crippen LogP contribution in [0.4, 0.5) is 23.7 Å². The Balaban J connectivity index is 2.03. The highest BCUT2D eigenvalue weighted by atomic mass is 19.4. The van der Waals surface area contributed by atoms with Crippen molar-refractivity contribution in [2.75, 3.05) is 13.2 Å². The summed E-state index contributed by atoms with van der Waals surface area (Å²) in [6.45, 7) is 5.48. The lowest BCUT2D eigenvalue weighted by molar-refractivity contribution is -0.384. The third-order valence-corrected chi connectivity index (χ3v) is 3.76. The van der Waals surface area contributed by atoms with Crippen LogP contribution in [-0.2, 0) is 22.3 Å². The molecule has 0 saturated heterocycles. The molecule has 0 bridgehead atoms. The monoisotopic (exact) mass is 441 g/mol. The highest BCUT2D eigenvalue weighted by molar-refractivity contribution is 5.67. The van der Waals surface area contributed by atoms with Crippen LogP contribution >= 0.6 is 0 Å². The molecule has 1 heterocycles. The molecule has 0 fully saturated rings. The van der Waals surface area contributed by atoms with Crippen molar-refractivity contribution >= 4 is 11.8 Å². The Bertz CT molecular complexity index is 925. The number of hydrogen-bond acceptors (Lipinski definition) is 6. The van der Waals surface area contributed by atoms with Crippen LogP contribution < -0.4 is 5.32 Å². The van der Waals surface area contributed by atoms with Gasteiger partial charge in [0.25, 0.3) is 5.69 Å². The summed E-state index contributed by atoms with van der Waals surface area (Å²) in [7, 11) is 0. The van der Waals surface area contributed by atoms with E-state index in [0.29, 0.717) is 16.7 Å². The average molecular weight is 441 g/mol. The number of pyridine rings is 1. The van der Waals surface area contributed by atoms with Gasteiger partial charge in [-0.05, 0) is 44.0 Å². The highest BCUT2D eigenvalue weighted by Crippen LogP contribution is 2.30. The topological polar surface area (TPSA) is 104 Å². The van der Waals surface area contributed by atoms with Crippen LogP contribution in [0.15, 0.2) is 36.5 Å². The zero-order valence-corrected chi connectivity index (χ0v) is 17.2. The first-order valence-corrected chi connectivity index (χ1v) is 9.22. The van der Waals surface area contributed by atoms with Crippen molar-refractivity contribution in [1.29, 1.82) is 0 Å². The number of amides is 1. The van der Waals surface area contributed by atoms with Crippen LogP contribution in [0.1, 0.15) is 32.0 Å². The molecule has 0 radical (unpaired) electrons. The van der Waals surface area contributed by atoms with E-state index in [4.69, 9.17) is 9.47 Å². The fourth-order valence-electron chi connectivity index (χ4n) is 2.49. The number of non-ortho nitro benzene ring substituents is 1. The molecule has 2 rings (SSSR count). The molecule has 8 nitrogen and oxygen atoms in total. The standard InChI is InChI=1S/C20H22F3N3O5/c1-19(2,3)31-18(27)24-6-7-30-12-13-8-15(10-16(9-13)26(28)29)14-4-5-17(25-11-14)20(21,22)23/h4-5,8-11H,6-7,12H2,1-3H3,(H,24,27). The molecule has 1 N–H and O–H groups in total. The van der Waals surface area contributed by atoms with E-state index in [1.807, 2.05) is 0 Å². The number of alkyl carbamates (subject to hydrolysis) is 1. The lowest BCUT2D eigenvalue weighted by Crippen LogP contribution is -2.34. The van der Waals surface area contributed by atoms with Crippen molar-refractivity contribution in [3.05, 3.63) is 57.9 Å². The number of nitrogens with one attached hydrogen (secondary N) is 1. The number of alkyl halides is 3. The average Bonchev–Trinajstić information content (AvgIpc) is 2.65. The number of rotatable bonds is 7. The lowest BCUT2D eigenvalue weighted by Gasteiger charge is -2.19. The van der Waals surface area contributed by atoms with E-state index in [-0.39, 0.29) is 25.4 Å². The Labute approximate surface area is 176 Å². The molecule has 1 amide bonds. The normalized spacial score (nSPS) is 11.8. The number of halogens is 3. The molecule has 11 heteroatoms. The van der Waals surface area contributed by atoms with Crippen LogP contribution in [-0.4, -0.2) is 34.8 Å². The van der Waals surface area contributed by atoms with Gasteiger partial charge in [-0.25, -0.2) is 4.79 Å². The molecule has 2 aromatic rings. The second-order valence-electron chi connectivity index (χ2n) is 7.56. The maximum atomic E-state index is 12.7. The third-order valence-electron chi connectivity index (χ3n) is 3.76. The van der Waals surface area contributed by atoms with Crippen molar-refractivity contribution in [1.82, 2.24) is 10.3 Å². The first-order chi connectivity index (χ1) is 14.3. The second-order valence-corrected chi connectivity index (χ2v) is 7.56. The summed E-state index contributed by atoms with van der Waals surface area (Å²) in [5, 5.41) is 13.7. The van der Waals surface area contributed by atoms with Crippen LogP contribution in [0.25, 0.3) is 11.1 Å². The molecule has 1 aromatic carbocycles. The maximum Gasteiger partial charge on any atom is 0.433 e. The van der Waals surface area contributed by atoms with Crippen molar-refractivity contribution in [3.63, 3.8) is 0 Å². The van der Waals surface area contributed by atoms with Gasteiger partial charge in [0, 0.05) is 30.4 Å². The van der Waals surface area contributed by atoms with Gasteiger partial charge in [-0.1, -0.05) is 6.07 Å². The molecule has 0 saturated carbocycles. The summed E-state index contributed by atoms with van der Waals surface area (Å²) in [5.74, 6) is 0. The van der Waals surface area contributed by atoms with E-state index < -0.39 is 28.5 Å². The minimum Gasteiger partial charge on any atom is -0.444 e. The smallest absolute Gasteiger partial charge is 0.433 e. The zero-order valence-electron chi connectivity index (χ0n) is 17.2. The first-order valence-electron chi connectivity index (χ1n) is 9.22.